The molecule has 98 valence electrons. The summed E-state index contributed by atoms with van der Waals surface area (Å²) in [6, 6.07) is 17.3. The highest BCUT2D eigenvalue weighted by Crippen LogP contribution is 2.14. The van der Waals surface area contributed by atoms with Crippen molar-refractivity contribution < 1.29 is 9.59 Å². The summed E-state index contributed by atoms with van der Waals surface area (Å²) in [5.41, 5.74) is 1.73. The van der Waals surface area contributed by atoms with Crippen LogP contribution in [0.15, 0.2) is 54.6 Å². The highest BCUT2D eigenvalue weighted by atomic mass is 16.1. The second-order valence-electron chi connectivity index (χ2n) is 4.16. The molecule has 0 atom stereocenters. The average molecular weight is 264 g/mol. The maximum atomic E-state index is 12.2. The van der Waals surface area contributed by atoms with Crippen LogP contribution >= 0.6 is 0 Å². The minimum Gasteiger partial charge on any atom is -0.325 e. The Morgan fingerprint density at radius 2 is 1.55 bits per heavy atom. The number of hydrogen-bond acceptors (Lipinski definition) is 3. The lowest BCUT2D eigenvalue weighted by Crippen LogP contribution is -2.10. The molecule has 0 saturated heterocycles. The normalized spacial score (nSPS) is 9.55. The molecule has 2 aromatic carbocycles. The first-order chi connectivity index (χ1) is 9.70. The number of carbonyl (C=O) groups is 2. The van der Waals surface area contributed by atoms with Crippen molar-refractivity contribution in [2.24, 2.45) is 0 Å². The second-order valence-corrected chi connectivity index (χ2v) is 4.16. The van der Waals surface area contributed by atoms with Gasteiger partial charge >= 0.3 is 0 Å². The first kappa shape index (κ1) is 13.5. The number of carbonyl (C=O) groups excluding carboxylic acids is 2. The zero-order chi connectivity index (χ0) is 14.4. The predicted octanol–water partition coefficient (Wildman–Crippen LogP) is 2.77. The van der Waals surface area contributed by atoms with Crippen LogP contribution in [0.5, 0.6) is 0 Å². The summed E-state index contributed by atoms with van der Waals surface area (Å²) in [6.07, 6.45) is -0.190. The molecule has 0 aromatic heterocycles. The summed E-state index contributed by atoms with van der Waals surface area (Å²) in [5.74, 6) is -0.435. The molecule has 4 nitrogen and oxygen atoms in total. The minimum atomic E-state index is -0.366. The van der Waals surface area contributed by atoms with E-state index in [1.165, 1.54) is 0 Å². The molecular weight excluding hydrogens is 252 g/mol. The van der Waals surface area contributed by atoms with Crippen molar-refractivity contribution >= 4 is 17.4 Å². The first-order valence-corrected chi connectivity index (χ1v) is 6.07. The van der Waals surface area contributed by atoms with E-state index in [2.05, 4.69) is 5.32 Å². The zero-order valence-corrected chi connectivity index (χ0v) is 10.7. The maximum Gasteiger partial charge on any atom is 0.238 e. The highest BCUT2D eigenvalue weighted by Gasteiger charge is 2.08. The fourth-order valence-electron chi connectivity index (χ4n) is 1.74. The van der Waals surface area contributed by atoms with Gasteiger partial charge in [0.25, 0.3) is 0 Å². The van der Waals surface area contributed by atoms with E-state index in [1.807, 2.05) is 18.2 Å². The number of benzene rings is 2. The number of hydrogen-bond donors (Lipinski definition) is 1. The van der Waals surface area contributed by atoms with Crippen LogP contribution in [0.1, 0.15) is 22.3 Å². The summed E-state index contributed by atoms with van der Waals surface area (Å²) < 4.78 is 0. The van der Waals surface area contributed by atoms with Crippen LogP contribution in [-0.2, 0) is 4.79 Å². The lowest BCUT2D eigenvalue weighted by Gasteiger charge is -2.04. The van der Waals surface area contributed by atoms with Crippen LogP contribution in [0, 0.1) is 11.3 Å². The molecule has 0 aliphatic heterocycles. The smallest absolute Gasteiger partial charge is 0.238 e. The Balaban J connectivity index is 2.11. The average Bonchev–Trinajstić information content (AvgIpc) is 2.48. The monoisotopic (exact) mass is 264 g/mol. The Kier molecular flexibility index (Phi) is 4.25. The molecule has 0 saturated carbocycles. The number of ketones is 1. The SMILES string of the molecule is N#CCC(=O)Nc1ccc(C(=O)c2ccccc2)cc1. The van der Waals surface area contributed by atoms with Gasteiger partial charge in [-0.2, -0.15) is 5.26 Å². The van der Waals surface area contributed by atoms with E-state index in [0.29, 0.717) is 16.8 Å². The summed E-state index contributed by atoms with van der Waals surface area (Å²) in [4.78, 5) is 23.4. The topological polar surface area (TPSA) is 70.0 Å². The first-order valence-electron chi connectivity index (χ1n) is 6.07. The fourth-order valence-corrected chi connectivity index (χ4v) is 1.74. The Morgan fingerprint density at radius 3 is 2.15 bits per heavy atom. The van der Waals surface area contributed by atoms with Crippen molar-refractivity contribution in [1.82, 2.24) is 0 Å². The van der Waals surface area contributed by atoms with Gasteiger partial charge in [0.05, 0.1) is 6.07 Å². The third-order valence-corrected chi connectivity index (χ3v) is 2.71. The van der Waals surface area contributed by atoms with Crippen LogP contribution in [0.25, 0.3) is 0 Å². The highest BCUT2D eigenvalue weighted by molar-refractivity contribution is 6.09. The summed E-state index contributed by atoms with van der Waals surface area (Å²) in [7, 11) is 0. The summed E-state index contributed by atoms with van der Waals surface area (Å²) in [6.45, 7) is 0. The van der Waals surface area contributed by atoms with E-state index < -0.39 is 0 Å². The maximum absolute atomic E-state index is 12.2. The van der Waals surface area contributed by atoms with Crippen LogP contribution in [0.2, 0.25) is 0 Å². The van der Waals surface area contributed by atoms with E-state index in [0.717, 1.165) is 0 Å². The minimum absolute atomic E-state index is 0.0690. The fraction of sp³-hybridized carbons (Fsp3) is 0.0625. The Labute approximate surface area is 116 Å². The molecule has 0 fully saturated rings. The van der Waals surface area contributed by atoms with E-state index >= 15 is 0 Å². The van der Waals surface area contributed by atoms with Gasteiger partial charge in [-0.25, -0.2) is 0 Å². The van der Waals surface area contributed by atoms with Crippen molar-refractivity contribution in [2.75, 3.05) is 5.32 Å². The lowest BCUT2D eigenvalue weighted by atomic mass is 10.0. The van der Waals surface area contributed by atoms with Gasteiger partial charge in [-0.3, -0.25) is 9.59 Å². The van der Waals surface area contributed by atoms with Crippen LogP contribution in [0.4, 0.5) is 5.69 Å². The zero-order valence-electron chi connectivity index (χ0n) is 10.7. The molecule has 0 bridgehead atoms. The molecule has 0 unspecified atom stereocenters. The van der Waals surface area contributed by atoms with Crippen molar-refractivity contribution in [1.29, 1.82) is 5.26 Å². The molecule has 1 amide bonds. The van der Waals surface area contributed by atoms with Crippen molar-refractivity contribution in [3.63, 3.8) is 0 Å². The third-order valence-electron chi connectivity index (χ3n) is 2.71. The molecule has 2 aromatic rings. The second kappa shape index (κ2) is 6.30. The molecule has 20 heavy (non-hydrogen) atoms. The molecule has 0 radical (unpaired) electrons. The van der Waals surface area contributed by atoms with E-state index in [1.54, 1.807) is 42.5 Å². The number of nitrogens with one attached hydrogen (secondary N) is 1. The molecule has 0 spiro atoms. The number of rotatable bonds is 4. The van der Waals surface area contributed by atoms with Crippen molar-refractivity contribution in [3.8, 4) is 6.07 Å². The van der Waals surface area contributed by atoms with Gasteiger partial charge in [0, 0.05) is 16.8 Å². The van der Waals surface area contributed by atoms with E-state index in [4.69, 9.17) is 5.26 Å². The number of nitrogens with zero attached hydrogens (tertiary/aromatic N) is 1. The van der Waals surface area contributed by atoms with Gasteiger partial charge in [-0.15, -0.1) is 0 Å². The van der Waals surface area contributed by atoms with Gasteiger partial charge in [0.15, 0.2) is 5.78 Å². The lowest BCUT2D eigenvalue weighted by molar-refractivity contribution is -0.115. The number of nitriles is 1. The largest absolute Gasteiger partial charge is 0.325 e. The number of anilines is 1. The van der Waals surface area contributed by atoms with E-state index in [-0.39, 0.29) is 18.1 Å². The molecule has 0 aliphatic carbocycles. The van der Waals surface area contributed by atoms with Gasteiger partial charge in [-0.1, -0.05) is 30.3 Å². The Bertz CT molecular complexity index is 655. The molecule has 4 heteroatoms. The Hall–Kier alpha value is -2.93. The molecular formula is C16H12N2O2. The predicted molar refractivity (Wildman–Crippen MR) is 75.2 cm³/mol. The standard InChI is InChI=1S/C16H12N2O2/c17-11-10-15(19)18-14-8-6-13(7-9-14)16(20)12-4-2-1-3-5-12/h1-9H,10H2,(H,18,19). The summed E-state index contributed by atoms with van der Waals surface area (Å²) >= 11 is 0. The van der Waals surface area contributed by atoms with E-state index in [9.17, 15) is 9.59 Å². The summed E-state index contributed by atoms with van der Waals surface area (Å²) in [5, 5.41) is 11.0. The molecule has 1 N–H and O–H groups in total. The van der Waals surface area contributed by atoms with Crippen LogP contribution < -0.4 is 5.32 Å². The molecule has 0 heterocycles. The van der Waals surface area contributed by atoms with Gasteiger partial charge in [0.2, 0.25) is 5.91 Å². The van der Waals surface area contributed by atoms with Crippen LogP contribution in [-0.4, -0.2) is 11.7 Å². The third kappa shape index (κ3) is 3.30. The quantitative estimate of drug-likeness (QED) is 0.863. The van der Waals surface area contributed by atoms with Crippen molar-refractivity contribution in [2.45, 2.75) is 6.42 Å². The number of amides is 1. The van der Waals surface area contributed by atoms with Gasteiger partial charge in [0.1, 0.15) is 6.42 Å². The van der Waals surface area contributed by atoms with Gasteiger partial charge in [-0.05, 0) is 24.3 Å². The van der Waals surface area contributed by atoms with Gasteiger partial charge < -0.3 is 5.32 Å². The Morgan fingerprint density at radius 1 is 0.950 bits per heavy atom. The molecule has 2 rings (SSSR count). The van der Waals surface area contributed by atoms with Crippen LogP contribution in [0.3, 0.4) is 0 Å². The molecule has 0 aliphatic rings. The van der Waals surface area contributed by atoms with Crippen molar-refractivity contribution in [3.05, 3.63) is 65.7 Å².